The number of unbranched alkanes of at least 4 members (excludes halogenated alkanes) is 1. The first-order chi connectivity index (χ1) is 14.0. The molecule has 4 nitrogen and oxygen atoms in total. The first-order valence-electron chi connectivity index (χ1n) is 9.94. The average Bonchev–Trinajstić information content (AvgIpc) is 2.72. The summed E-state index contributed by atoms with van der Waals surface area (Å²) < 4.78 is 0.959. The molecule has 0 spiro atoms. The molecule has 2 amide bonds. The van der Waals surface area contributed by atoms with Crippen molar-refractivity contribution in [1.82, 2.24) is 10.2 Å². The number of nitrogens with zero attached hydrogens (tertiary/aromatic N) is 1. The fourth-order valence-electron chi connectivity index (χ4n) is 2.86. The van der Waals surface area contributed by atoms with Crippen LogP contribution in [0, 0.1) is 0 Å². The van der Waals surface area contributed by atoms with Crippen LogP contribution >= 0.6 is 27.7 Å². The van der Waals surface area contributed by atoms with E-state index in [2.05, 4.69) is 40.3 Å². The third-order valence-electron chi connectivity index (χ3n) is 4.58. The quantitative estimate of drug-likeness (QED) is 0.463. The summed E-state index contributed by atoms with van der Waals surface area (Å²) >= 11 is 5.05. The van der Waals surface area contributed by atoms with Crippen molar-refractivity contribution in [1.29, 1.82) is 0 Å². The minimum absolute atomic E-state index is 0.0240. The van der Waals surface area contributed by atoms with Crippen LogP contribution in [0.5, 0.6) is 0 Å². The van der Waals surface area contributed by atoms with Gasteiger partial charge in [0.2, 0.25) is 11.8 Å². The molecule has 0 aliphatic carbocycles. The standard InChI is InChI=1S/C23H29BrN2O2S/c1-3-4-13-25-23(28)18(2)26(15-20-11-8-12-21(24)14-20)22(27)17-29-16-19-9-6-5-7-10-19/h5-12,14,18H,3-4,13,15-17H2,1-2H3,(H,25,28). The average molecular weight is 477 g/mol. The van der Waals surface area contributed by atoms with Crippen LogP contribution in [0.15, 0.2) is 59.1 Å². The molecule has 0 radical (unpaired) electrons. The molecule has 2 aromatic carbocycles. The van der Waals surface area contributed by atoms with Gasteiger partial charge >= 0.3 is 0 Å². The Bertz CT molecular complexity index is 785. The number of thioether (sulfide) groups is 1. The maximum absolute atomic E-state index is 13.0. The molecule has 2 rings (SSSR count). The lowest BCUT2D eigenvalue weighted by atomic mass is 10.1. The van der Waals surface area contributed by atoms with Crippen molar-refractivity contribution in [2.45, 2.75) is 45.0 Å². The maximum atomic E-state index is 13.0. The van der Waals surface area contributed by atoms with E-state index in [0.29, 0.717) is 18.8 Å². The van der Waals surface area contributed by atoms with Gasteiger partial charge in [0.25, 0.3) is 0 Å². The second-order valence-corrected chi connectivity index (χ2v) is 8.85. The van der Waals surface area contributed by atoms with E-state index < -0.39 is 6.04 Å². The van der Waals surface area contributed by atoms with Crippen molar-refractivity contribution < 1.29 is 9.59 Å². The molecule has 6 heteroatoms. The molecule has 0 bridgehead atoms. The molecule has 0 saturated carbocycles. The van der Waals surface area contributed by atoms with Crippen LogP contribution in [0.2, 0.25) is 0 Å². The number of carbonyl (C=O) groups excluding carboxylic acids is 2. The molecule has 0 heterocycles. The van der Waals surface area contributed by atoms with Gasteiger partial charge in [-0.25, -0.2) is 0 Å². The number of carbonyl (C=O) groups is 2. The zero-order valence-corrected chi connectivity index (χ0v) is 19.5. The highest BCUT2D eigenvalue weighted by Gasteiger charge is 2.25. The summed E-state index contributed by atoms with van der Waals surface area (Å²) in [6.07, 6.45) is 1.95. The molecule has 0 saturated heterocycles. The van der Waals surface area contributed by atoms with Crippen molar-refractivity contribution in [2.75, 3.05) is 12.3 Å². The highest BCUT2D eigenvalue weighted by Crippen LogP contribution is 2.18. The lowest BCUT2D eigenvalue weighted by Crippen LogP contribution is -2.48. The summed E-state index contributed by atoms with van der Waals surface area (Å²) in [5.41, 5.74) is 2.18. The zero-order valence-electron chi connectivity index (χ0n) is 17.1. The van der Waals surface area contributed by atoms with Crippen LogP contribution in [0.3, 0.4) is 0 Å². The van der Waals surface area contributed by atoms with Crippen LogP contribution in [0.25, 0.3) is 0 Å². The van der Waals surface area contributed by atoms with Crippen molar-refractivity contribution >= 4 is 39.5 Å². The Morgan fingerprint density at radius 1 is 1.10 bits per heavy atom. The summed E-state index contributed by atoms with van der Waals surface area (Å²) in [6.45, 7) is 4.94. The van der Waals surface area contributed by atoms with Crippen LogP contribution in [-0.2, 0) is 21.9 Å². The molecule has 1 atom stereocenters. The van der Waals surface area contributed by atoms with Gasteiger partial charge in [0.15, 0.2) is 0 Å². The van der Waals surface area contributed by atoms with E-state index in [1.54, 1.807) is 23.6 Å². The van der Waals surface area contributed by atoms with E-state index in [0.717, 1.165) is 28.6 Å². The van der Waals surface area contributed by atoms with Gasteiger partial charge in [0.05, 0.1) is 5.75 Å². The summed E-state index contributed by atoms with van der Waals surface area (Å²) in [5.74, 6) is 0.989. The van der Waals surface area contributed by atoms with Gasteiger partial charge < -0.3 is 10.2 Å². The predicted molar refractivity (Wildman–Crippen MR) is 125 cm³/mol. The van der Waals surface area contributed by atoms with Gasteiger partial charge in [-0.05, 0) is 36.6 Å². The van der Waals surface area contributed by atoms with Gasteiger partial charge in [-0.15, -0.1) is 11.8 Å². The van der Waals surface area contributed by atoms with Gasteiger partial charge in [0.1, 0.15) is 6.04 Å². The molecule has 1 N–H and O–H groups in total. The van der Waals surface area contributed by atoms with Gasteiger partial charge in [-0.2, -0.15) is 0 Å². The highest BCUT2D eigenvalue weighted by molar-refractivity contribution is 9.10. The molecule has 0 fully saturated rings. The summed E-state index contributed by atoms with van der Waals surface area (Å²) in [4.78, 5) is 27.3. The van der Waals surface area contributed by atoms with Crippen molar-refractivity contribution in [2.24, 2.45) is 0 Å². The second-order valence-electron chi connectivity index (χ2n) is 6.95. The fourth-order valence-corrected chi connectivity index (χ4v) is 4.18. The Kier molecular flexibility index (Phi) is 10.3. The zero-order chi connectivity index (χ0) is 21.1. The normalized spacial score (nSPS) is 11.7. The van der Waals surface area contributed by atoms with Crippen LogP contribution in [0.1, 0.15) is 37.8 Å². The summed E-state index contributed by atoms with van der Waals surface area (Å²) in [5, 5.41) is 2.95. The number of hydrogen-bond acceptors (Lipinski definition) is 3. The van der Waals surface area contributed by atoms with Crippen molar-refractivity contribution in [3.63, 3.8) is 0 Å². The van der Waals surface area contributed by atoms with Crippen molar-refractivity contribution in [3.05, 3.63) is 70.2 Å². The molecular weight excluding hydrogens is 448 g/mol. The maximum Gasteiger partial charge on any atom is 0.242 e. The topological polar surface area (TPSA) is 49.4 Å². The smallest absolute Gasteiger partial charge is 0.242 e. The van der Waals surface area contributed by atoms with E-state index >= 15 is 0 Å². The second kappa shape index (κ2) is 12.7. The number of nitrogens with one attached hydrogen (secondary N) is 1. The van der Waals surface area contributed by atoms with E-state index in [1.165, 1.54) is 5.56 Å². The Morgan fingerprint density at radius 3 is 2.52 bits per heavy atom. The highest BCUT2D eigenvalue weighted by atomic mass is 79.9. The number of rotatable bonds is 11. The molecule has 29 heavy (non-hydrogen) atoms. The first kappa shape index (κ1) is 23.5. The fraction of sp³-hybridized carbons (Fsp3) is 0.391. The van der Waals surface area contributed by atoms with E-state index in [1.807, 2.05) is 42.5 Å². The molecular formula is C23H29BrN2O2S. The van der Waals surface area contributed by atoms with E-state index in [9.17, 15) is 9.59 Å². The number of benzene rings is 2. The minimum atomic E-state index is -0.518. The minimum Gasteiger partial charge on any atom is -0.354 e. The van der Waals surface area contributed by atoms with Gasteiger partial charge in [-0.1, -0.05) is 71.7 Å². The summed E-state index contributed by atoms with van der Waals surface area (Å²) in [6, 6.07) is 17.4. The molecule has 156 valence electrons. The summed E-state index contributed by atoms with van der Waals surface area (Å²) in [7, 11) is 0. The number of halogens is 1. The molecule has 2 aromatic rings. The van der Waals surface area contributed by atoms with Gasteiger partial charge in [0, 0.05) is 23.3 Å². The third-order valence-corrected chi connectivity index (χ3v) is 6.06. The Hall–Kier alpha value is -1.79. The van der Waals surface area contributed by atoms with Crippen molar-refractivity contribution in [3.8, 4) is 0 Å². The van der Waals surface area contributed by atoms with E-state index in [-0.39, 0.29) is 11.8 Å². The lowest BCUT2D eigenvalue weighted by Gasteiger charge is -2.29. The number of amides is 2. The molecule has 1 unspecified atom stereocenters. The van der Waals surface area contributed by atoms with Crippen LogP contribution in [-0.4, -0.2) is 35.1 Å². The Balaban J connectivity index is 2.03. The van der Waals surface area contributed by atoms with Crippen LogP contribution in [0.4, 0.5) is 0 Å². The monoisotopic (exact) mass is 476 g/mol. The third kappa shape index (κ3) is 8.23. The van der Waals surface area contributed by atoms with Gasteiger partial charge in [-0.3, -0.25) is 9.59 Å². The van der Waals surface area contributed by atoms with E-state index in [4.69, 9.17) is 0 Å². The number of hydrogen-bond donors (Lipinski definition) is 1. The van der Waals surface area contributed by atoms with Crippen LogP contribution < -0.4 is 5.32 Å². The molecule has 0 aliphatic rings. The first-order valence-corrected chi connectivity index (χ1v) is 11.9. The lowest BCUT2D eigenvalue weighted by molar-refractivity contribution is -0.138. The SMILES string of the molecule is CCCCNC(=O)C(C)N(Cc1cccc(Br)c1)C(=O)CSCc1ccccc1. The molecule has 0 aromatic heterocycles. The Morgan fingerprint density at radius 2 is 1.83 bits per heavy atom. The largest absolute Gasteiger partial charge is 0.354 e. The molecule has 0 aliphatic heterocycles. The predicted octanol–water partition coefficient (Wildman–Crippen LogP) is 5.02. The Labute approximate surface area is 186 Å².